The molecule has 0 unspecified atom stereocenters. The molecular formula is C14H29NO2. The number of rotatable bonds is 8. The first-order valence-electron chi connectivity index (χ1n) is 7.21. The monoisotopic (exact) mass is 243 g/mol. The van der Waals surface area contributed by atoms with E-state index in [1.807, 2.05) is 0 Å². The standard InChI is InChI=1S/C14H29NO2/c1-2-3-10-16-11-12-17-13-14(15)8-6-4-5-7-9-14/h2-13,15H2,1H3. The maximum atomic E-state index is 6.36. The molecule has 0 aliphatic heterocycles. The highest BCUT2D eigenvalue weighted by molar-refractivity contribution is 4.85. The summed E-state index contributed by atoms with van der Waals surface area (Å²) in [5.74, 6) is 0. The highest BCUT2D eigenvalue weighted by Gasteiger charge is 2.26. The first-order chi connectivity index (χ1) is 8.27. The van der Waals surface area contributed by atoms with Crippen LogP contribution in [-0.2, 0) is 9.47 Å². The van der Waals surface area contributed by atoms with Crippen molar-refractivity contribution in [1.82, 2.24) is 0 Å². The van der Waals surface area contributed by atoms with Crippen LogP contribution in [0.1, 0.15) is 58.3 Å². The van der Waals surface area contributed by atoms with Gasteiger partial charge < -0.3 is 15.2 Å². The van der Waals surface area contributed by atoms with E-state index in [2.05, 4.69) is 6.92 Å². The number of nitrogens with two attached hydrogens (primary N) is 1. The van der Waals surface area contributed by atoms with Gasteiger partial charge in [-0.1, -0.05) is 39.0 Å². The third-order valence-electron chi connectivity index (χ3n) is 3.50. The Morgan fingerprint density at radius 2 is 1.59 bits per heavy atom. The van der Waals surface area contributed by atoms with E-state index in [-0.39, 0.29) is 5.54 Å². The van der Waals surface area contributed by atoms with Crippen molar-refractivity contribution in [2.75, 3.05) is 26.4 Å². The van der Waals surface area contributed by atoms with Gasteiger partial charge >= 0.3 is 0 Å². The van der Waals surface area contributed by atoms with Crippen molar-refractivity contribution in [2.45, 2.75) is 63.8 Å². The van der Waals surface area contributed by atoms with Crippen molar-refractivity contribution >= 4 is 0 Å². The Morgan fingerprint density at radius 3 is 2.24 bits per heavy atom. The first-order valence-corrected chi connectivity index (χ1v) is 7.21. The molecule has 0 aromatic rings. The van der Waals surface area contributed by atoms with Gasteiger partial charge in [0.15, 0.2) is 0 Å². The van der Waals surface area contributed by atoms with Gasteiger partial charge in [-0.05, 0) is 19.3 Å². The van der Waals surface area contributed by atoms with Gasteiger partial charge in [0, 0.05) is 12.1 Å². The Hall–Kier alpha value is -0.120. The minimum absolute atomic E-state index is 0.0695. The largest absolute Gasteiger partial charge is 0.379 e. The SMILES string of the molecule is CCCCOCCOCC1(N)CCCCCC1. The van der Waals surface area contributed by atoms with Gasteiger partial charge in [-0.2, -0.15) is 0 Å². The van der Waals surface area contributed by atoms with Crippen molar-refractivity contribution in [1.29, 1.82) is 0 Å². The van der Waals surface area contributed by atoms with Crippen LogP contribution in [0.5, 0.6) is 0 Å². The summed E-state index contributed by atoms with van der Waals surface area (Å²) in [5, 5.41) is 0. The fraction of sp³-hybridized carbons (Fsp3) is 1.00. The topological polar surface area (TPSA) is 44.5 Å². The van der Waals surface area contributed by atoms with E-state index in [0.29, 0.717) is 19.8 Å². The van der Waals surface area contributed by atoms with Crippen LogP contribution in [0.3, 0.4) is 0 Å². The molecule has 1 aliphatic carbocycles. The zero-order chi connectivity index (χ0) is 12.4. The minimum atomic E-state index is -0.0695. The molecule has 3 nitrogen and oxygen atoms in total. The number of ether oxygens (including phenoxy) is 2. The van der Waals surface area contributed by atoms with E-state index >= 15 is 0 Å². The molecule has 3 heteroatoms. The predicted molar refractivity (Wildman–Crippen MR) is 71.2 cm³/mol. The van der Waals surface area contributed by atoms with Gasteiger partial charge in [0.25, 0.3) is 0 Å². The van der Waals surface area contributed by atoms with Crippen LogP contribution in [0.25, 0.3) is 0 Å². The molecule has 0 aromatic heterocycles. The Kier molecular flexibility index (Phi) is 7.82. The van der Waals surface area contributed by atoms with Gasteiger partial charge in [-0.3, -0.25) is 0 Å². The molecule has 1 fully saturated rings. The van der Waals surface area contributed by atoms with E-state index in [0.717, 1.165) is 25.9 Å². The molecule has 0 spiro atoms. The lowest BCUT2D eigenvalue weighted by atomic mass is 9.93. The molecular weight excluding hydrogens is 214 g/mol. The molecule has 0 radical (unpaired) electrons. The first kappa shape index (κ1) is 14.9. The number of hydrogen-bond donors (Lipinski definition) is 1. The average Bonchev–Trinajstić information content (AvgIpc) is 2.53. The predicted octanol–water partition coefficient (Wildman–Crippen LogP) is 2.87. The summed E-state index contributed by atoms with van der Waals surface area (Å²) in [6.45, 7) is 5.11. The summed E-state index contributed by atoms with van der Waals surface area (Å²) in [5.41, 5.74) is 6.29. The van der Waals surface area contributed by atoms with E-state index in [4.69, 9.17) is 15.2 Å². The number of hydrogen-bond acceptors (Lipinski definition) is 3. The Morgan fingerprint density at radius 1 is 0.941 bits per heavy atom. The summed E-state index contributed by atoms with van der Waals surface area (Å²) in [6.07, 6.45) is 9.73. The second-order valence-corrected chi connectivity index (χ2v) is 5.30. The average molecular weight is 243 g/mol. The highest BCUT2D eigenvalue weighted by Crippen LogP contribution is 2.25. The second-order valence-electron chi connectivity index (χ2n) is 5.30. The van der Waals surface area contributed by atoms with Crippen molar-refractivity contribution < 1.29 is 9.47 Å². The van der Waals surface area contributed by atoms with Crippen LogP contribution in [0, 0.1) is 0 Å². The molecule has 2 N–H and O–H groups in total. The molecule has 0 aromatic carbocycles. The van der Waals surface area contributed by atoms with Gasteiger partial charge in [0.05, 0.1) is 19.8 Å². The molecule has 0 bridgehead atoms. The summed E-state index contributed by atoms with van der Waals surface area (Å²) in [6, 6.07) is 0. The van der Waals surface area contributed by atoms with E-state index in [9.17, 15) is 0 Å². The lowest BCUT2D eigenvalue weighted by Crippen LogP contribution is -2.44. The molecule has 0 amide bonds. The second kappa shape index (κ2) is 8.90. The highest BCUT2D eigenvalue weighted by atomic mass is 16.5. The summed E-state index contributed by atoms with van der Waals surface area (Å²) in [7, 11) is 0. The van der Waals surface area contributed by atoms with Crippen molar-refractivity contribution in [3.05, 3.63) is 0 Å². The summed E-state index contributed by atoms with van der Waals surface area (Å²) >= 11 is 0. The molecule has 0 atom stereocenters. The summed E-state index contributed by atoms with van der Waals surface area (Å²) in [4.78, 5) is 0. The van der Waals surface area contributed by atoms with Crippen LogP contribution in [0.15, 0.2) is 0 Å². The smallest absolute Gasteiger partial charge is 0.0701 e. The summed E-state index contributed by atoms with van der Waals surface area (Å²) < 4.78 is 11.1. The van der Waals surface area contributed by atoms with Gasteiger partial charge in [0.1, 0.15) is 0 Å². The molecule has 0 heterocycles. The Balaban J connectivity index is 2.00. The van der Waals surface area contributed by atoms with Crippen LogP contribution in [-0.4, -0.2) is 32.0 Å². The van der Waals surface area contributed by atoms with Crippen LogP contribution in [0.4, 0.5) is 0 Å². The normalized spacial score (nSPS) is 20.1. The van der Waals surface area contributed by atoms with Crippen molar-refractivity contribution in [3.8, 4) is 0 Å². The van der Waals surface area contributed by atoms with E-state index in [1.165, 1.54) is 32.1 Å². The van der Waals surface area contributed by atoms with Gasteiger partial charge in [0.2, 0.25) is 0 Å². The maximum Gasteiger partial charge on any atom is 0.0701 e. The van der Waals surface area contributed by atoms with E-state index < -0.39 is 0 Å². The quantitative estimate of drug-likeness (QED) is 0.526. The molecule has 1 saturated carbocycles. The molecule has 102 valence electrons. The Bertz CT molecular complexity index is 177. The van der Waals surface area contributed by atoms with Gasteiger partial charge in [-0.15, -0.1) is 0 Å². The third kappa shape index (κ3) is 7.02. The molecule has 0 saturated heterocycles. The Labute approximate surface area is 106 Å². The van der Waals surface area contributed by atoms with Gasteiger partial charge in [-0.25, -0.2) is 0 Å². The number of unbranched alkanes of at least 4 members (excludes halogenated alkanes) is 1. The lowest BCUT2D eigenvalue weighted by Gasteiger charge is -2.27. The van der Waals surface area contributed by atoms with Crippen LogP contribution >= 0.6 is 0 Å². The van der Waals surface area contributed by atoms with Crippen LogP contribution < -0.4 is 5.73 Å². The van der Waals surface area contributed by atoms with Crippen molar-refractivity contribution in [2.24, 2.45) is 5.73 Å². The fourth-order valence-electron chi connectivity index (χ4n) is 2.32. The minimum Gasteiger partial charge on any atom is -0.379 e. The van der Waals surface area contributed by atoms with E-state index in [1.54, 1.807) is 0 Å². The van der Waals surface area contributed by atoms with Crippen molar-refractivity contribution in [3.63, 3.8) is 0 Å². The maximum absolute atomic E-state index is 6.36. The van der Waals surface area contributed by atoms with Crippen LogP contribution in [0.2, 0.25) is 0 Å². The zero-order valence-electron chi connectivity index (χ0n) is 11.4. The molecule has 1 rings (SSSR count). The molecule has 1 aliphatic rings. The molecule has 17 heavy (non-hydrogen) atoms. The lowest BCUT2D eigenvalue weighted by molar-refractivity contribution is 0.0233. The fourth-order valence-corrected chi connectivity index (χ4v) is 2.32. The third-order valence-corrected chi connectivity index (χ3v) is 3.50. The zero-order valence-corrected chi connectivity index (χ0v) is 11.4.